The number of halogens is 1. The molecule has 0 saturated carbocycles. The highest BCUT2D eigenvalue weighted by molar-refractivity contribution is 7.99. The van der Waals surface area contributed by atoms with Gasteiger partial charge in [0.15, 0.2) is 0 Å². The number of benzene rings is 1. The molecule has 0 radical (unpaired) electrons. The van der Waals surface area contributed by atoms with E-state index in [-0.39, 0.29) is 5.91 Å². The van der Waals surface area contributed by atoms with E-state index in [4.69, 9.17) is 16.3 Å². The summed E-state index contributed by atoms with van der Waals surface area (Å²) < 4.78 is 5.44. The Morgan fingerprint density at radius 1 is 1.29 bits per heavy atom. The highest BCUT2D eigenvalue weighted by Crippen LogP contribution is 2.18. The highest BCUT2D eigenvalue weighted by Gasteiger charge is 2.24. The second-order valence-corrected chi connectivity index (χ2v) is 7.96. The van der Waals surface area contributed by atoms with Gasteiger partial charge in [-0.25, -0.2) is 0 Å². The molecule has 0 N–H and O–H groups in total. The quantitative estimate of drug-likeness (QED) is 0.773. The van der Waals surface area contributed by atoms with Gasteiger partial charge in [-0.1, -0.05) is 23.7 Å². The summed E-state index contributed by atoms with van der Waals surface area (Å²) in [5, 5.41) is 0.753. The van der Waals surface area contributed by atoms with Crippen LogP contribution in [0, 0.1) is 5.92 Å². The molecule has 0 spiro atoms. The Bertz CT molecular complexity index is 544. The lowest BCUT2D eigenvalue weighted by Gasteiger charge is -2.35. The van der Waals surface area contributed by atoms with Crippen molar-refractivity contribution in [1.82, 2.24) is 9.80 Å². The van der Waals surface area contributed by atoms with E-state index in [1.807, 2.05) is 23.1 Å². The van der Waals surface area contributed by atoms with E-state index in [2.05, 4.69) is 11.0 Å². The zero-order chi connectivity index (χ0) is 16.8. The fraction of sp³-hybridized carbons (Fsp3) is 0.611. The molecule has 24 heavy (non-hydrogen) atoms. The molecule has 2 saturated heterocycles. The Kier molecular flexibility index (Phi) is 6.84. The minimum Gasteiger partial charge on any atom is -0.381 e. The normalized spacial score (nSPS) is 22.0. The molecule has 1 aromatic carbocycles. The average Bonchev–Trinajstić information content (AvgIpc) is 3.08. The van der Waals surface area contributed by atoms with Gasteiger partial charge in [-0.15, -0.1) is 11.8 Å². The molecule has 0 aliphatic carbocycles. The number of carbonyl (C=O) groups excluding carboxylic acids is 1. The number of hydrogen-bond acceptors (Lipinski definition) is 4. The first-order chi connectivity index (χ1) is 11.7. The number of piperazine rings is 1. The number of ether oxygens (including phenoxy) is 1. The third kappa shape index (κ3) is 5.38. The van der Waals surface area contributed by atoms with Crippen molar-refractivity contribution in [3.8, 4) is 0 Å². The second-order valence-electron chi connectivity index (χ2n) is 6.53. The van der Waals surface area contributed by atoms with Gasteiger partial charge >= 0.3 is 0 Å². The molecule has 4 nitrogen and oxygen atoms in total. The monoisotopic (exact) mass is 368 g/mol. The van der Waals surface area contributed by atoms with Crippen LogP contribution >= 0.6 is 23.4 Å². The first-order valence-corrected chi connectivity index (χ1v) is 10.1. The Balaban J connectivity index is 1.34. The number of amides is 1. The molecular formula is C18H25ClN2O2S. The summed E-state index contributed by atoms with van der Waals surface area (Å²) in [5.41, 5.74) is 1.17. The molecule has 2 heterocycles. The van der Waals surface area contributed by atoms with Crippen molar-refractivity contribution in [2.45, 2.75) is 12.2 Å². The van der Waals surface area contributed by atoms with E-state index in [1.54, 1.807) is 11.8 Å². The molecule has 1 aromatic rings. The molecular weight excluding hydrogens is 344 g/mol. The summed E-state index contributed by atoms with van der Waals surface area (Å²) in [7, 11) is 0. The summed E-state index contributed by atoms with van der Waals surface area (Å²) >= 11 is 7.65. The predicted molar refractivity (Wildman–Crippen MR) is 99.6 cm³/mol. The molecule has 0 bridgehead atoms. The Morgan fingerprint density at radius 2 is 2.12 bits per heavy atom. The molecule has 6 heteroatoms. The van der Waals surface area contributed by atoms with Crippen LogP contribution in [0.3, 0.4) is 0 Å². The van der Waals surface area contributed by atoms with Crippen LogP contribution in [0.5, 0.6) is 0 Å². The molecule has 1 atom stereocenters. The largest absolute Gasteiger partial charge is 0.381 e. The maximum atomic E-state index is 12.3. The van der Waals surface area contributed by atoms with Crippen LogP contribution in [-0.4, -0.2) is 67.4 Å². The van der Waals surface area contributed by atoms with Gasteiger partial charge in [0.2, 0.25) is 5.91 Å². The SMILES string of the molecule is O=C(CSCc1cccc(Cl)c1)N1CCN(C[C@@H]2CCOC2)CC1. The molecule has 132 valence electrons. The molecule has 2 aliphatic rings. The molecule has 2 fully saturated rings. The summed E-state index contributed by atoms with van der Waals surface area (Å²) in [4.78, 5) is 16.8. The van der Waals surface area contributed by atoms with Gasteiger partial charge in [0.05, 0.1) is 12.4 Å². The molecule has 0 unspecified atom stereocenters. The van der Waals surface area contributed by atoms with Crippen LogP contribution < -0.4 is 0 Å². The number of rotatable bonds is 6. The lowest BCUT2D eigenvalue weighted by atomic mass is 10.1. The van der Waals surface area contributed by atoms with Crippen molar-refractivity contribution in [1.29, 1.82) is 0 Å². The number of carbonyl (C=O) groups is 1. The Labute approximate surface area is 153 Å². The van der Waals surface area contributed by atoms with Crippen LogP contribution in [0.2, 0.25) is 5.02 Å². The van der Waals surface area contributed by atoms with Crippen molar-refractivity contribution in [2.24, 2.45) is 5.92 Å². The number of nitrogens with zero attached hydrogens (tertiary/aromatic N) is 2. The smallest absolute Gasteiger partial charge is 0.232 e. The topological polar surface area (TPSA) is 32.8 Å². The van der Waals surface area contributed by atoms with Gasteiger partial charge in [0.25, 0.3) is 0 Å². The third-order valence-electron chi connectivity index (χ3n) is 4.65. The fourth-order valence-electron chi connectivity index (χ4n) is 3.25. The second kappa shape index (κ2) is 9.09. The lowest BCUT2D eigenvalue weighted by molar-refractivity contribution is -0.130. The van der Waals surface area contributed by atoms with Gasteiger partial charge in [-0.2, -0.15) is 0 Å². The van der Waals surface area contributed by atoms with Crippen LogP contribution in [-0.2, 0) is 15.3 Å². The molecule has 2 aliphatic heterocycles. The van der Waals surface area contributed by atoms with Gasteiger partial charge < -0.3 is 9.64 Å². The summed E-state index contributed by atoms with van der Waals surface area (Å²) in [6, 6.07) is 7.84. The lowest BCUT2D eigenvalue weighted by Crippen LogP contribution is -2.50. The van der Waals surface area contributed by atoms with E-state index in [0.717, 1.165) is 56.7 Å². The van der Waals surface area contributed by atoms with Crippen molar-refractivity contribution in [3.63, 3.8) is 0 Å². The van der Waals surface area contributed by atoms with E-state index < -0.39 is 0 Å². The molecule has 3 rings (SSSR count). The minimum absolute atomic E-state index is 0.255. The van der Waals surface area contributed by atoms with Gasteiger partial charge in [-0.3, -0.25) is 9.69 Å². The first-order valence-electron chi connectivity index (χ1n) is 8.61. The van der Waals surface area contributed by atoms with Crippen LogP contribution in [0.1, 0.15) is 12.0 Å². The van der Waals surface area contributed by atoms with E-state index in [1.165, 1.54) is 12.0 Å². The van der Waals surface area contributed by atoms with Gasteiger partial charge in [0.1, 0.15) is 0 Å². The predicted octanol–water partition coefficient (Wildman–Crippen LogP) is 2.75. The highest BCUT2D eigenvalue weighted by atomic mass is 35.5. The molecule has 0 aromatic heterocycles. The maximum absolute atomic E-state index is 12.3. The van der Waals surface area contributed by atoms with Crippen molar-refractivity contribution >= 4 is 29.3 Å². The van der Waals surface area contributed by atoms with Gasteiger partial charge in [0, 0.05) is 50.1 Å². The average molecular weight is 369 g/mol. The van der Waals surface area contributed by atoms with Crippen LogP contribution in [0.4, 0.5) is 0 Å². The van der Waals surface area contributed by atoms with E-state index in [0.29, 0.717) is 11.7 Å². The maximum Gasteiger partial charge on any atom is 0.232 e. The zero-order valence-corrected chi connectivity index (χ0v) is 15.5. The zero-order valence-electron chi connectivity index (χ0n) is 14.0. The van der Waals surface area contributed by atoms with Crippen LogP contribution in [0.15, 0.2) is 24.3 Å². The standard InChI is InChI=1S/C18H25ClN2O2S/c19-17-3-1-2-15(10-17)13-24-14-18(22)21-7-5-20(6-8-21)11-16-4-9-23-12-16/h1-3,10,16H,4-9,11-14H2/t16-/m0/s1. The van der Waals surface area contributed by atoms with Gasteiger partial charge in [-0.05, 0) is 30.0 Å². The Hall–Kier alpha value is -0.750. The van der Waals surface area contributed by atoms with E-state index >= 15 is 0 Å². The third-order valence-corrected chi connectivity index (χ3v) is 5.87. The number of thioether (sulfide) groups is 1. The van der Waals surface area contributed by atoms with E-state index in [9.17, 15) is 4.79 Å². The van der Waals surface area contributed by atoms with Crippen LogP contribution in [0.25, 0.3) is 0 Å². The molecule has 1 amide bonds. The Morgan fingerprint density at radius 3 is 2.83 bits per heavy atom. The number of hydrogen-bond donors (Lipinski definition) is 0. The van der Waals surface area contributed by atoms with Crippen molar-refractivity contribution in [3.05, 3.63) is 34.9 Å². The summed E-state index contributed by atoms with van der Waals surface area (Å²) in [6.07, 6.45) is 1.18. The fourth-order valence-corrected chi connectivity index (χ4v) is 4.33. The summed E-state index contributed by atoms with van der Waals surface area (Å²) in [6.45, 7) is 6.61. The van der Waals surface area contributed by atoms with Crippen molar-refractivity contribution in [2.75, 3.05) is 51.7 Å². The van der Waals surface area contributed by atoms with Crippen molar-refractivity contribution < 1.29 is 9.53 Å². The minimum atomic E-state index is 0.255. The first kappa shape index (κ1) is 18.1. The summed E-state index contributed by atoms with van der Waals surface area (Å²) in [5.74, 6) is 2.31.